The summed E-state index contributed by atoms with van der Waals surface area (Å²) in [6.45, 7) is 0. The maximum atomic E-state index is 12.1. The number of sulfonamides is 1. The van der Waals surface area contributed by atoms with Gasteiger partial charge in [-0.25, -0.2) is 18.4 Å². The van der Waals surface area contributed by atoms with Gasteiger partial charge in [0.25, 0.3) is 10.0 Å². The number of benzene rings is 1. The minimum atomic E-state index is -3.63. The van der Waals surface area contributed by atoms with Crippen molar-refractivity contribution >= 4 is 47.7 Å². The lowest BCUT2D eigenvalue weighted by Gasteiger charge is -2.07. The van der Waals surface area contributed by atoms with Crippen LogP contribution in [0.5, 0.6) is 0 Å². The zero-order valence-electron chi connectivity index (χ0n) is 9.55. The average molecular weight is 407 g/mol. The van der Waals surface area contributed by atoms with Crippen LogP contribution in [0.15, 0.2) is 46.2 Å². The van der Waals surface area contributed by atoms with Crippen LogP contribution in [0.2, 0.25) is 0 Å². The summed E-state index contributed by atoms with van der Waals surface area (Å²) < 4.78 is 27.1. The molecule has 100 valence electrons. The van der Waals surface area contributed by atoms with Crippen LogP contribution in [-0.4, -0.2) is 18.4 Å². The minimum absolute atomic E-state index is 0.174. The van der Waals surface area contributed by atoms with Crippen LogP contribution in [0.25, 0.3) is 0 Å². The monoisotopic (exact) mass is 405 g/mol. The van der Waals surface area contributed by atoms with Crippen molar-refractivity contribution in [2.75, 3.05) is 4.72 Å². The molecule has 0 fully saturated rings. The van der Waals surface area contributed by atoms with Crippen molar-refractivity contribution < 1.29 is 8.42 Å². The summed E-state index contributed by atoms with van der Waals surface area (Å²) in [5, 5.41) is 0.680. The van der Waals surface area contributed by atoms with Crippen molar-refractivity contribution in [1.82, 2.24) is 9.97 Å². The van der Waals surface area contributed by atoms with Gasteiger partial charge >= 0.3 is 0 Å². The van der Waals surface area contributed by atoms with E-state index in [2.05, 4.69) is 46.5 Å². The zero-order chi connectivity index (χ0) is 13.9. The summed E-state index contributed by atoms with van der Waals surface area (Å²) in [6.07, 6.45) is 2.76. The van der Waals surface area contributed by atoms with Crippen LogP contribution >= 0.6 is 31.9 Å². The van der Waals surface area contributed by atoms with Crippen LogP contribution in [-0.2, 0) is 15.4 Å². The molecule has 0 saturated heterocycles. The molecule has 0 radical (unpaired) electrons. The molecule has 2 rings (SSSR count). The predicted molar refractivity (Wildman–Crippen MR) is 79.6 cm³/mol. The fourth-order valence-electron chi connectivity index (χ4n) is 1.32. The number of alkyl halides is 1. The number of anilines is 1. The molecule has 19 heavy (non-hydrogen) atoms. The van der Waals surface area contributed by atoms with Gasteiger partial charge in [0.05, 0.1) is 17.3 Å². The summed E-state index contributed by atoms with van der Waals surface area (Å²) in [4.78, 5) is 8.00. The molecule has 1 aromatic carbocycles. The molecule has 0 aliphatic carbocycles. The highest BCUT2D eigenvalue weighted by Gasteiger charge is 2.14. The van der Waals surface area contributed by atoms with E-state index in [9.17, 15) is 8.42 Å². The van der Waals surface area contributed by atoms with E-state index in [1.54, 1.807) is 24.3 Å². The maximum Gasteiger partial charge on any atom is 0.263 e. The topological polar surface area (TPSA) is 72.0 Å². The summed E-state index contributed by atoms with van der Waals surface area (Å²) in [7, 11) is -3.63. The second-order valence-electron chi connectivity index (χ2n) is 3.61. The molecular weight excluding hydrogens is 398 g/mol. The van der Waals surface area contributed by atoms with Gasteiger partial charge in [-0.05, 0) is 33.6 Å². The molecule has 0 aliphatic rings. The molecule has 1 aromatic heterocycles. The largest absolute Gasteiger partial charge is 0.263 e. The molecule has 1 N–H and O–H groups in total. The molecule has 0 saturated carbocycles. The lowest BCUT2D eigenvalue weighted by Crippen LogP contribution is -2.14. The highest BCUT2D eigenvalue weighted by molar-refractivity contribution is 9.10. The normalized spacial score (nSPS) is 11.3. The lowest BCUT2D eigenvalue weighted by atomic mass is 10.2. The Morgan fingerprint density at radius 1 is 1.11 bits per heavy atom. The number of hydrogen-bond acceptors (Lipinski definition) is 4. The first kappa shape index (κ1) is 14.4. The van der Waals surface area contributed by atoms with Crippen LogP contribution in [0.4, 0.5) is 5.82 Å². The number of rotatable bonds is 4. The van der Waals surface area contributed by atoms with Crippen LogP contribution in [0.1, 0.15) is 5.56 Å². The number of hydrogen-bond donors (Lipinski definition) is 1. The fourth-order valence-corrected chi connectivity index (χ4v) is 2.89. The van der Waals surface area contributed by atoms with Gasteiger partial charge in [-0.2, -0.15) is 0 Å². The third-order valence-corrected chi connectivity index (χ3v) is 4.67. The molecule has 5 nitrogen and oxygen atoms in total. The number of halogens is 2. The van der Waals surface area contributed by atoms with E-state index in [-0.39, 0.29) is 10.7 Å². The second-order valence-corrected chi connectivity index (χ2v) is 6.66. The Morgan fingerprint density at radius 3 is 2.32 bits per heavy atom. The van der Waals surface area contributed by atoms with Gasteiger partial charge in [-0.1, -0.05) is 28.1 Å². The smallest absolute Gasteiger partial charge is 0.262 e. The minimum Gasteiger partial charge on any atom is -0.262 e. The van der Waals surface area contributed by atoms with Crippen molar-refractivity contribution in [3.8, 4) is 0 Å². The predicted octanol–water partition coefficient (Wildman–Crippen LogP) is 2.93. The Hall–Kier alpha value is -0.990. The van der Waals surface area contributed by atoms with Crippen LogP contribution in [0, 0.1) is 0 Å². The van der Waals surface area contributed by atoms with Crippen molar-refractivity contribution in [3.05, 3.63) is 46.8 Å². The second kappa shape index (κ2) is 5.98. The third-order valence-electron chi connectivity index (χ3n) is 2.25. The standard InChI is InChI=1S/C11H9Br2N3O2S/c12-5-8-1-3-9(4-2-8)19(17,18)16-11-7-14-10(13)6-15-11/h1-4,6-7H,5H2,(H,15,16). The highest BCUT2D eigenvalue weighted by Crippen LogP contribution is 2.16. The number of aromatic nitrogens is 2. The molecule has 8 heteroatoms. The van der Waals surface area contributed by atoms with Gasteiger partial charge in [0.2, 0.25) is 0 Å². The molecule has 0 bridgehead atoms. The van der Waals surface area contributed by atoms with Gasteiger partial charge in [0, 0.05) is 5.33 Å². The Morgan fingerprint density at radius 2 is 1.79 bits per heavy atom. The van der Waals surface area contributed by atoms with Crippen molar-refractivity contribution in [2.24, 2.45) is 0 Å². The quantitative estimate of drug-likeness (QED) is 0.792. The first-order valence-electron chi connectivity index (χ1n) is 5.16. The SMILES string of the molecule is O=S(=O)(Nc1cnc(Br)cn1)c1ccc(CBr)cc1. The van der Waals surface area contributed by atoms with Gasteiger partial charge in [-0.3, -0.25) is 4.72 Å². The van der Waals surface area contributed by atoms with Gasteiger partial charge < -0.3 is 0 Å². The van der Waals surface area contributed by atoms with Crippen molar-refractivity contribution in [2.45, 2.75) is 10.2 Å². The number of nitrogens with zero attached hydrogens (tertiary/aromatic N) is 2. The van der Waals surface area contributed by atoms with E-state index < -0.39 is 10.0 Å². The summed E-state index contributed by atoms with van der Waals surface area (Å²) in [5.41, 5.74) is 1.00. The van der Waals surface area contributed by atoms with Gasteiger partial charge in [-0.15, -0.1) is 0 Å². The number of nitrogens with one attached hydrogen (secondary N) is 1. The van der Waals surface area contributed by atoms with Gasteiger partial charge in [0.15, 0.2) is 5.82 Å². The van der Waals surface area contributed by atoms with Crippen molar-refractivity contribution in [1.29, 1.82) is 0 Å². The third kappa shape index (κ3) is 3.74. The molecule has 2 aromatic rings. The molecule has 0 amide bonds. The van der Waals surface area contributed by atoms with E-state index in [0.29, 0.717) is 9.93 Å². The summed E-state index contributed by atoms with van der Waals surface area (Å²) in [5.74, 6) is 0.174. The molecular formula is C11H9Br2N3O2S. The molecule has 0 aliphatic heterocycles. The van der Waals surface area contributed by atoms with E-state index in [1.165, 1.54) is 12.4 Å². The Bertz CT molecular complexity index is 657. The first-order chi connectivity index (χ1) is 9.01. The van der Waals surface area contributed by atoms with E-state index in [0.717, 1.165) is 5.56 Å². The van der Waals surface area contributed by atoms with E-state index in [1.807, 2.05) is 0 Å². The van der Waals surface area contributed by atoms with Crippen LogP contribution in [0.3, 0.4) is 0 Å². The van der Waals surface area contributed by atoms with Gasteiger partial charge in [0.1, 0.15) is 4.60 Å². The Kier molecular flexibility index (Phi) is 4.54. The molecule has 0 atom stereocenters. The molecule has 0 unspecified atom stereocenters. The molecule has 1 heterocycles. The zero-order valence-corrected chi connectivity index (χ0v) is 13.5. The maximum absolute atomic E-state index is 12.1. The lowest BCUT2D eigenvalue weighted by molar-refractivity contribution is 0.601. The van der Waals surface area contributed by atoms with Crippen molar-refractivity contribution in [3.63, 3.8) is 0 Å². The highest BCUT2D eigenvalue weighted by atomic mass is 79.9. The molecule has 0 spiro atoms. The average Bonchev–Trinajstić information content (AvgIpc) is 2.41. The summed E-state index contributed by atoms with van der Waals surface area (Å²) >= 11 is 6.44. The first-order valence-corrected chi connectivity index (χ1v) is 8.56. The fraction of sp³-hybridized carbons (Fsp3) is 0.0909. The Labute approximate surface area is 127 Å². The van der Waals surface area contributed by atoms with Crippen LogP contribution < -0.4 is 4.72 Å². The Balaban J connectivity index is 2.24. The summed E-state index contributed by atoms with van der Waals surface area (Å²) in [6, 6.07) is 6.59. The van der Waals surface area contributed by atoms with E-state index >= 15 is 0 Å². The van der Waals surface area contributed by atoms with E-state index in [4.69, 9.17) is 0 Å².